The van der Waals surface area contributed by atoms with E-state index in [9.17, 15) is 19.2 Å². The number of carbonyl (C=O) groups excluding carboxylic acids is 2. The number of hydrogen-bond acceptors (Lipinski definition) is 9. The lowest BCUT2D eigenvalue weighted by atomic mass is 10.0. The number of nitrogens with zero attached hydrogens (tertiary/aromatic N) is 4. The molecule has 10 nitrogen and oxygen atoms in total. The van der Waals surface area contributed by atoms with E-state index < -0.39 is 0 Å². The van der Waals surface area contributed by atoms with Gasteiger partial charge in [-0.15, -0.1) is 34.0 Å². The molecule has 7 heterocycles. The first kappa shape index (κ1) is 37.7. The summed E-state index contributed by atoms with van der Waals surface area (Å²) >= 11 is 4.30. The van der Waals surface area contributed by atoms with Crippen LogP contribution in [0, 0.1) is 0 Å². The summed E-state index contributed by atoms with van der Waals surface area (Å²) in [5, 5.41) is 9.32. The Balaban J connectivity index is 1.01. The number of amides is 2. The predicted octanol–water partition coefficient (Wildman–Crippen LogP) is 9.35. The van der Waals surface area contributed by atoms with Crippen molar-refractivity contribution in [2.75, 3.05) is 13.1 Å². The highest BCUT2D eigenvalue weighted by atomic mass is 32.1. The van der Waals surface area contributed by atoms with Crippen molar-refractivity contribution in [2.45, 2.75) is 117 Å². The van der Waals surface area contributed by atoms with Gasteiger partial charge in [-0.2, -0.15) is 0 Å². The SMILES string of the molecule is CCCCCCCCNC(=O)CCc1cc2c(nc3c4ccc5c6c(sc(c(=O)n23)c46)c(=O)n2c3cc(CCC(=O)NCCCCCCCC)sc3nc52)s1. The summed E-state index contributed by atoms with van der Waals surface area (Å²) in [4.78, 5) is 67.0. The van der Waals surface area contributed by atoms with E-state index in [2.05, 4.69) is 24.5 Å². The highest BCUT2D eigenvalue weighted by Gasteiger charge is 2.26. The fraction of sp³-hybridized carbons (Fsp3) is 0.476. The van der Waals surface area contributed by atoms with Crippen molar-refractivity contribution in [1.29, 1.82) is 0 Å². The van der Waals surface area contributed by atoms with Crippen LogP contribution in [0.1, 0.15) is 113 Å². The highest BCUT2D eigenvalue weighted by molar-refractivity contribution is 7.26. The average molecular weight is 797 g/mol. The second kappa shape index (κ2) is 16.5. The standard InChI is InChI=1S/C42H48N6O4S3/c1-3-5-7-9-11-13-21-43-31(49)19-15-25-23-29-39(53-25)45-37-27-17-18-28-34-33(27)35(41(51)47(29)37)55-36(34)42(52)48-30-24-26(54-40(30)46-38(28)48)16-20-32(50)44-22-14-12-10-8-6-4-2/h17-18,23-24H,3-16,19-22H2,1-2H3,(H,43,49)(H,44,50). The molecule has 8 rings (SSSR count). The number of benzene rings is 1. The third-order valence-corrected chi connectivity index (χ3v) is 14.2. The summed E-state index contributed by atoms with van der Waals surface area (Å²) in [6.45, 7) is 5.85. The summed E-state index contributed by atoms with van der Waals surface area (Å²) in [6, 6.07) is 7.98. The first-order valence-corrected chi connectivity index (χ1v) is 22.6. The number of hydrogen-bond donors (Lipinski definition) is 2. The number of aromatic nitrogens is 4. The number of fused-ring (bicyclic) bond motifs is 8. The van der Waals surface area contributed by atoms with Crippen molar-refractivity contribution in [3.63, 3.8) is 0 Å². The van der Waals surface area contributed by atoms with Crippen LogP contribution < -0.4 is 21.8 Å². The van der Waals surface area contributed by atoms with Gasteiger partial charge in [0.05, 0.1) is 11.0 Å². The monoisotopic (exact) mass is 796 g/mol. The number of rotatable bonds is 20. The molecule has 2 N–H and O–H groups in total. The van der Waals surface area contributed by atoms with Crippen LogP contribution in [0.2, 0.25) is 0 Å². The number of unbranched alkanes of at least 4 members (excludes halogenated alkanes) is 10. The number of thiophene rings is 3. The molecule has 0 aliphatic rings. The molecule has 0 atom stereocenters. The minimum Gasteiger partial charge on any atom is -0.356 e. The van der Waals surface area contributed by atoms with E-state index in [1.54, 1.807) is 8.80 Å². The third-order valence-electron chi connectivity index (χ3n) is 10.9. The molecule has 0 aliphatic carbocycles. The lowest BCUT2D eigenvalue weighted by Crippen LogP contribution is -2.24. The van der Waals surface area contributed by atoms with Gasteiger partial charge in [0, 0.05) is 57.2 Å². The van der Waals surface area contributed by atoms with Crippen molar-refractivity contribution in [3.05, 3.63) is 54.7 Å². The molecule has 0 aliphatic heterocycles. The largest absolute Gasteiger partial charge is 0.356 e. The maximum absolute atomic E-state index is 14.2. The third kappa shape index (κ3) is 7.31. The zero-order chi connectivity index (χ0) is 38.1. The Kier molecular flexibility index (Phi) is 11.3. The summed E-state index contributed by atoms with van der Waals surface area (Å²) in [7, 11) is 0. The van der Waals surface area contributed by atoms with Gasteiger partial charge in [0.2, 0.25) is 11.8 Å². The van der Waals surface area contributed by atoms with Gasteiger partial charge in [-0.1, -0.05) is 78.1 Å². The van der Waals surface area contributed by atoms with Gasteiger partial charge < -0.3 is 10.6 Å². The molecule has 0 saturated carbocycles. The minimum absolute atomic E-state index is 0.0474. The van der Waals surface area contributed by atoms with Crippen molar-refractivity contribution >= 4 is 109 Å². The molecule has 55 heavy (non-hydrogen) atoms. The molecule has 0 bridgehead atoms. The average Bonchev–Trinajstić information content (AvgIpc) is 4.00. The molecule has 13 heteroatoms. The number of pyridine rings is 2. The van der Waals surface area contributed by atoms with Crippen LogP contribution in [0.25, 0.3) is 62.9 Å². The first-order valence-electron chi connectivity index (χ1n) is 20.1. The fourth-order valence-corrected chi connectivity index (χ4v) is 11.1. The molecule has 0 fully saturated rings. The van der Waals surface area contributed by atoms with E-state index in [0.717, 1.165) is 77.7 Å². The Hall–Kier alpha value is -4.20. The smallest absolute Gasteiger partial charge is 0.274 e. The van der Waals surface area contributed by atoms with Crippen LogP contribution in [-0.2, 0) is 22.4 Å². The van der Waals surface area contributed by atoms with E-state index >= 15 is 0 Å². The number of imidazole rings is 2. The molecule has 8 aromatic rings. The van der Waals surface area contributed by atoms with Gasteiger partial charge in [-0.05, 0) is 49.9 Å². The summed E-state index contributed by atoms with van der Waals surface area (Å²) in [5.74, 6) is 0.0948. The molecule has 1 aromatic carbocycles. The van der Waals surface area contributed by atoms with E-state index in [1.165, 1.54) is 85.4 Å². The van der Waals surface area contributed by atoms with Crippen LogP contribution in [0.15, 0.2) is 33.9 Å². The van der Waals surface area contributed by atoms with Crippen LogP contribution in [0.4, 0.5) is 0 Å². The molecule has 7 aromatic heterocycles. The van der Waals surface area contributed by atoms with Crippen molar-refractivity contribution in [3.8, 4) is 0 Å². The quantitative estimate of drug-likeness (QED) is 0.0585. The van der Waals surface area contributed by atoms with Gasteiger partial charge in [-0.25, -0.2) is 9.97 Å². The predicted molar refractivity (Wildman–Crippen MR) is 229 cm³/mol. The maximum Gasteiger partial charge on any atom is 0.274 e. The number of carbonyl (C=O) groups is 2. The molecule has 0 radical (unpaired) electrons. The lowest BCUT2D eigenvalue weighted by molar-refractivity contribution is -0.121. The van der Waals surface area contributed by atoms with E-state index in [-0.39, 0.29) is 22.9 Å². The lowest BCUT2D eigenvalue weighted by Gasteiger charge is -2.06. The van der Waals surface area contributed by atoms with E-state index in [1.807, 2.05) is 24.3 Å². The molecule has 288 valence electrons. The Morgan fingerprint density at radius 1 is 0.600 bits per heavy atom. The zero-order valence-corrected chi connectivity index (χ0v) is 34.1. The Bertz CT molecular complexity index is 2570. The molecule has 0 spiro atoms. The van der Waals surface area contributed by atoms with Crippen molar-refractivity contribution in [2.24, 2.45) is 0 Å². The Morgan fingerprint density at radius 2 is 1.02 bits per heavy atom. The first-order chi connectivity index (χ1) is 26.9. The topological polar surface area (TPSA) is 127 Å². The van der Waals surface area contributed by atoms with Gasteiger partial charge >= 0.3 is 0 Å². The molecule has 0 unspecified atom stereocenters. The summed E-state index contributed by atoms with van der Waals surface area (Å²) in [5.41, 5.74) is 2.27. The Labute approximate surface area is 330 Å². The van der Waals surface area contributed by atoms with E-state index in [0.29, 0.717) is 59.5 Å². The molecular weight excluding hydrogens is 749 g/mol. The molecular formula is C42H48N6O4S3. The highest BCUT2D eigenvalue weighted by Crippen LogP contribution is 2.42. The van der Waals surface area contributed by atoms with Crippen molar-refractivity contribution < 1.29 is 9.59 Å². The van der Waals surface area contributed by atoms with Crippen LogP contribution in [0.5, 0.6) is 0 Å². The molecule has 2 amide bonds. The summed E-state index contributed by atoms with van der Waals surface area (Å²) in [6.07, 6.45) is 16.2. The number of aryl methyl sites for hydroxylation is 2. The van der Waals surface area contributed by atoms with Gasteiger partial charge in [-0.3, -0.25) is 28.0 Å². The van der Waals surface area contributed by atoms with Crippen molar-refractivity contribution in [1.82, 2.24) is 29.4 Å². The van der Waals surface area contributed by atoms with Gasteiger partial charge in [0.15, 0.2) is 0 Å². The Morgan fingerprint density at radius 3 is 1.45 bits per heavy atom. The van der Waals surface area contributed by atoms with Gasteiger partial charge in [0.25, 0.3) is 11.1 Å². The second-order valence-corrected chi connectivity index (χ2v) is 18.1. The number of nitrogens with one attached hydrogen (secondary N) is 2. The molecule has 0 saturated heterocycles. The van der Waals surface area contributed by atoms with E-state index in [4.69, 9.17) is 9.97 Å². The van der Waals surface area contributed by atoms with Crippen LogP contribution in [-0.4, -0.2) is 43.7 Å². The van der Waals surface area contributed by atoms with Gasteiger partial charge in [0.1, 0.15) is 30.4 Å². The normalized spacial score (nSPS) is 12.3. The zero-order valence-electron chi connectivity index (χ0n) is 31.7. The van der Waals surface area contributed by atoms with Crippen LogP contribution in [0.3, 0.4) is 0 Å². The second-order valence-electron chi connectivity index (χ2n) is 14.9. The van der Waals surface area contributed by atoms with Crippen LogP contribution >= 0.6 is 34.0 Å². The minimum atomic E-state index is -0.186. The summed E-state index contributed by atoms with van der Waals surface area (Å²) < 4.78 is 4.42. The maximum atomic E-state index is 14.2. The fourth-order valence-electron chi connectivity index (χ4n) is 7.93.